The van der Waals surface area contributed by atoms with E-state index < -0.39 is 11.7 Å². The van der Waals surface area contributed by atoms with Crippen molar-refractivity contribution in [3.63, 3.8) is 0 Å². The smallest absolute Gasteiger partial charge is 0.413 e. The number of pyridine rings is 1. The molecule has 0 fully saturated rings. The van der Waals surface area contributed by atoms with Crippen LogP contribution in [0.2, 0.25) is 0 Å². The minimum absolute atomic E-state index is 0.317. The highest BCUT2D eigenvalue weighted by molar-refractivity contribution is 5.84. The van der Waals surface area contributed by atoms with Gasteiger partial charge in [-0.15, -0.1) is 0 Å². The highest BCUT2D eigenvalue weighted by atomic mass is 16.7. The fraction of sp³-hybridized carbons (Fsp3) is 0.250. The average Bonchev–Trinajstić information content (AvgIpc) is 3.09. The van der Waals surface area contributed by atoms with Gasteiger partial charge in [0.05, 0.1) is 0 Å². The average molecular weight is 409 g/mol. The number of hydrogen-bond donors (Lipinski definition) is 2. The first kappa shape index (κ1) is 20.8. The van der Waals surface area contributed by atoms with Crippen LogP contribution in [-0.2, 0) is 16.6 Å². The molecule has 0 unspecified atom stereocenters. The highest BCUT2D eigenvalue weighted by Crippen LogP contribution is 2.20. The zero-order chi connectivity index (χ0) is 21.6. The lowest BCUT2D eigenvalue weighted by molar-refractivity contribution is 0.0635. The number of amides is 1. The summed E-state index contributed by atoms with van der Waals surface area (Å²) in [6.07, 6.45) is 1.21. The molecule has 10 heteroatoms. The SMILES string of the molecule is Cn1nnnc1NOC(=Cc1ccccc1)c1cccc(NC(=O)OC(C)(C)C)n1. The van der Waals surface area contributed by atoms with Crippen molar-refractivity contribution in [2.24, 2.45) is 7.05 Å². The maximum Gasteiger partial charge on any atom is 0.413 e. The largest absolute Gasteiger partial charge is 0.444 e. The van der Waals surface area contributed by atoms with Gasteiger partial charge in [0.15, 0.2) is 5.76 Å². The van der Waals surface area contributed by atoms with Gasteiger partial charge in [-0.25, -0.2) is 14.5 Å². The van der Waals surface area contributed by atoms with Crippen LogP contribution < -0.4 is 10.8 Å². The van der Waals surface area contributed by atoms with Gasteiger partial charge in [-0.3, -0.25) is 5.32 Å². The molecule has 3 aromatic rings. The van der Waals surface area contributed by atoms with E-state index in [1.807, 2.05) is 30.3 Å². The number of hydrogen-bond acceptors (Lipinski definition) is 8. The second-order valence-electron chi connectivity index (χ2n) is 7.28. The molecular weight excluding hydrogens is 386 g/mol. The Morgan fingerprint density at radius 2 is 1.87 bits per heavy atom. The number of nitrogens with one attached hydrogen (secondary N) is 2. The molecule has 1 aromatic carbocycles. The Morgan fingerprint density at radius 3 is 2.53 bits per heavy atom. The molecule has 0 spiro atoms. The van der Waals surface area contributed by atoms with Crippen molar-refractivity contribution in [1.82, 2.24) is 25.2 Å². The van der Waals surface area contributed by atoms with E-state index in [0.29, 0.717) is 23.2 Å². The van der Waals surface area contributed by atoms with Crippen LogP contribution in [-0.4, -0.2) is 36.9 Å². The maximum absolute atomic E-state index is 12.1. The number of carbonyl (C=O) groups is 1. The Kier molecular flexibility index (Phi) is 6.26. The van der Waals surface area contributed by atoms with Gasteiger partial charge in [-0.1, -0.05) is 41.5 Å². The first-order valence-corrected chi connectivity index (χ1v) is 9.19. The van der Waals surface area contributed by atoms with Crippen molar-refractivity contribution in [3.05, 3.63) is 59.8 Å². The number of ether oxygens (including phenoxy) is 1. The molecule has 2 aromatic heterocycles. The van der Waals surface area contributed by atoms with Gasteiger partial charge >= 0.3 is 6.09 Å². The monoisotopic (exact) mass is 409 g/mol. The highest BCUT2D eigenvalue weighted by Gasteiger charge is 2.17. The molecule has 156 valence electrons. The van der Waals surface area contributed by atoms with E-state index in [9.17, 15) is 4.79 Å². The number of carbonyl (C=O) groups excluding carboxylic acids is 1. The molecule has 10 nitrogen and oxygen atoms in total. The standard InChI is InChI=1S/C20H23N7O3/c1-20(2,3)29-19(28)22-17-12-8-11-15(21-17)16(13-14-9-6-5-7-10-14)30-24-18-23-25-26-27(18)4/h5-13H,1-4H3,(H,21,22,28)(H,23,24,26). The number of nitrogens with zero attached hydrogens (tertiary/aromatic N) is 5. The number of rotatable bonds is 6. The summed E-state index contributed by atoms with van der Waals surface area (Å²) >= 11 is 0. The van der Waals surface area contributed by atoms with Gasteiger partial charge < -0.3 is 9.57 Å². The molecule has 0 aliphatic rings. The number of benzene rings is 1. The summed E-state index contributed by atoms with van der Waals surface area (Å²) in [5, 5.41) is 13.7. The van der Waals surface area contributed by atoms with Gasteiger partial charge in [-0.05, 0) is 55.0 Å². The van der Waals surface area contributed by atoms with E-state index in [1.54, 1.807) is 52.1 Å². The summed E-state index contributed by atoms with van der Waals surface area (Å²) in [5.41, 5.74) is 3.48. The molecule has 0 saturated carbocycles. The van der Waals surface area contributed by atoms with Crippen molar-refractivity contribution in [1.29, 1.82) is 0 Å². The molecule has 2 N–H and O–H groups in total. The molecular formula is C20H23N7O3. The van der Waals surface area contributed by atoms with Crippen LogP contribution in [0.25, 0.3) is 11.8 Å². The third kappa shape index (κ3) is 6.03. The molecule has 0 aliphatic carbocycles. The first-order valence-electron chi connectivity index (χ1n) is 9.19. The molecule has 1 amide bonds. The number of aromatic nitrogens is 5. The van der Waals surface area contributed by atoms with Crippen LogP contribution in [0.5, 0.6) is 0 Å². The van der Waals surface area contributed by atoms with Gasteiger partial charge in [0.25, 0.3) is 5.95 Å². The summed E-state index contributed by atoms with van der Waals surface area (Å²) < 4.78 is 6.70. The van der Waals surface area contributed by atoms with E-state index in [1.165, 1.54) is 4.68 Å². The van der Waals surface area contributed by atoms with Gasteiger partial charge in [0.2, 0.25) is 0 Å². The van der Waals surface area contributed by atoms with E-state index in [-0.39, 0.29) is 0 Å². The molecule has 3 rings (SSSR count). The van der Waals surface area contributed by atoms with E-state index in [4.69, 9.17) is 9.57 Å². The molecule has 0 atom stereocenters. The van der Waals surface area contributed by atoms with Crippen LogP contribution in [0, 0.1) is 0 Å². The van der Waals surface area contributed by atoms with Gasteiger partial charge in [0, 0.05) is 7.05 Å². The molecule has 0 saturated heterocycles. The quantitative estimate of drug-likeness (QED) is 0.469. The lowest BCUT2D eigenvalue weighted by Crippen LogP contribution is -2.27. The van der Waals surface area contributed by atoms with E-state index in [0.717, 1.165) is 5.56 Å². The van der Waals surface area contributed by atoms with Gasteiger partial charge in [0.1, 0.15) is 17.1 Å². The molecule has 0 bridgehead atoms. The van der Waals surface area contributed by atoms with Crippen molar-refractivity contribution in [2.75, 3.05) is 10.8 Å². The predicted octanol–water partition coefficient (Wildman–Crippen LogP) is 3.49. The Balaban J connectivity index is 1.84. The Labute approximate surface area is 173 Å². The summed E-state index contributed by atoms with van der Waals surface area (Å²) in [6, 6.07) is 14.8. The topological polar surface area (TPSA) is 116 Å². The zero-order valence-corrected chi connectivity index (χ0v) is 17.2. The molecule has 0 radical (unpaired) electrons. The van der Waals surface area contributed by atoms with Crippen molar-refractivity contribution in [3.8, 4) is 0 Å². The van der Waals surface area contributed by atoms with Crippen LogP contribution in [0.3, 0.4) is 0 Å². The van der Waals surface area contributed by atoms with Gasteiger partial charge in [-0.2, -0.15) is 5.48 Å². The summed E-state index contributed by atoms with van der Waals surface area (Å²) in [6.45, 7) is 5.37. The van der Waals surface area contributed by atoms with E-state index >= 15 is 0 Å². The second-order valence-corrected chi connectivity index (χ2v) is 7.28. The Morgan fingerprint density at radius 1 is 1.10 bits per heavy atom. The summed E-state index contributed by atoms with van der Waals surface area (Å²) in [7, 11) is 1.68. The fourth-order valence-electron chi connectivity index (χ4n) is 2.32. The minimum atomic E-state index is -0.614. The van der Waals surface area contributed by atoms with Crippen LogP contribution in [0.1, 0.15) is 32.0 Å². The molecule has 30 heavy (non-hydrogen) atoms. The normalized spacial score (nSPS) is 11.7. The third-order valence-electron chi connectivity index (χ3n) is 3.60. The number of tetrazole rings is 1. The zero-order valence-electron chi connectivity index (χ0n) is 17.2. The van der Waals surface area contributed by atoms with Crippen molar-refractivity contribution >= 4 is 29.7 Å². The van der Waals surface area contributed by atoms with Crippen LogP contribution in [0.15, 0.2) is 48.5 Å². The molecule has 2 heterocycles. The first-order chi connectivity index (χ1) is 14.3. The number of anilines is 2. The van der Waals surface area contributed by atoms with Crippen LogP contribution >= 0.6 is 0 Å². The minimum Gasteiger partial charge on any atom is -0.444 e. The lowest BCUT2D eigenvalue weighted by atomic mass is 10.2. The Bertz CT molecular complexity index is 1030. The second kappa shape index (κ2) is 9.03. The number of aryl methyl sites for hydroxylation is 1. The van der Waals surface area contributed by atoms with Crippen LogP contribution in [0.4, 0.5) is 16.6 Å². The maximum atomic E-state index is 12.1. The van der Waals surface area contributed by atoms with Crippen molar-refractivity contribution < 1.29 is 14.4 Å². The summed E-state index contributed by atoms with van der Waals surface area (Å²) in [4.78, 5) is 22.3. The lowest BCUT2D eigenvalue weighted by Gasteiger charge is -2.19. The van der Waals surface area contributed by atoms with Crippen molar-refractivity contribution in [2.45, 2.75) is 26.4 Å². The van der Waals surface area contributed by atoms with E-state index in [2.05, 4.69) is 31.3 Å². The molecule has 0 aliphatic heterocycles. The Hall–Kier alpha value is -3.95. The summed E-state index contributed by atoms with van der Waals surface area (Å²) in [5.74, 6) is 1.04. The third-order valence-corrected chi connectivity index (χ3v) is 3.60. The predicted molar refractivity (Wildman–Crippen MR) is 112 cm³/mol. The fourth-order valence-corrected chi connectivity index (χ4v) is 2.32.